The number of nitrogens with zero attached hydrogens (tertiary/aromatic N) is 3. The summed E-state index contributed by atoms with van der Waals surface area (Å²) in [6, 6.07) is 8.20. The molecule has 88 valence electrons. The van der Waals surface area contributed by atoms with Crippen molar-refractivity contribution in [2.75, 3.05) is 0 Å². The van der Waals surface area contributed by atoms with Gasteiger partial charge in [0.25, 0.3) is 0 Å². The first kappa shape index (κ1) is 10.5. The molecule has 2 aromatic rings. The van der Waals surface area contributed by atoms with Crippen molar-refractivity contribution in [3.8, 4) is 5.69 Å². The zero-order chi connectivity index (χ0) is 11.8. The molecule has 1 saturated carbocycles. The standard InChI is InChI=1S/C13H15N3O/c1-9-2-6-11(7-3-9)16-13(10-4-5-10)12(8-17)14-15-16/h2-3,6-7,10,17H,4-5,8H2,1H3. The number of aromatic nitrogens is 3. The fourth-order valence-electron chi connectivity index (χ4n) is 2.08. The topological polar surface area (TPSA) is 50.9 Å². The maximum absolute atomic E-state index is 9.28. The Bertz CT molecular complexity index is 526. The van der Waals surface area contributed by atoms with E-state index in [0.29, 0.717) is 11.6 Å². The van der Waals surface area contributed by atoms with Gasteiger partial charge in [-0.2, -0.15) is 0 Å². The highest BCUT2D eigenvalue weighted by atomic mass is 16.3. The van der Waals surface area contributed by atoms with Gasteiger partial charge in [-0.1, -0.05) is 22.9 Å². The van der Waals surface area contributed by atoms with Gasteiger partial charge in [0.2, 0.25) is 0 Å². The highest BCUT2D eigenvalue weighted by Gasteiger charge is 2.31. The average molecular weight is 229 g/mol. The second-order valence-electron chi connectivity index (χ2n) is 4.60. The number of aliphatic hydroxyl groups is 1. The lowest BCUT2D eigenvalue weighted by Crippen LogP contribution is -2.02. The Morgan fingerprint density at radius 3 is 2.59 bits per heavy atom. The zero-order valence-electron chi connectivity index (χ0n) is 9.80. The third-order valence-corrected chi connectivity index (χ3v) is 3.17. The molecule has 0 atom stereocenters. The van der Waals surface area contributed by atoms with Gasteiger partial charge < -0.3 is 5.11 Å². The molecule has 1 aromatic heterocycles. The van der Waals surface area contributed by atoms with Crippen molar-refractivity contribution in [1.82, 2.24) is 15.0 Å². The van der Waals surface area contributed by atoms with E-state index in [-0.39, 0.29) is 6.61 Å². The van der Waals surface area contributed by atoms with E-state index in [1.165, 1.54) is 18.4 Å². The summed E-state index contributed by atoms with van der Waals surface area (Å²) in [6.07, 6.45) is 2.35. The van der Waals surface area contributed by atoms with Crippen LogP contribution in [0, 0.1) is 6.92 Å². The lowest BCUT2D eigenvalue weighted by atomic mass is 10.2. The van der Waals surface area contributed by atoms with Crippen LogP contribution < -0.4 is 0 Å². The van der Waals surface area contributed by atoms with E-state index in [1.807, 2.05) is 16.8 Å². The zero-order valence-corrected chi connectivity index (χ0v) is 9.80. The Balaban J connectivity index is 2.07. The summed E-state index contributed by atoms with van der Waals surface area (Å²) in [5, 5.41) is 17.5. The summed E-state index contributed by atoms with van der Waals surface area (Å²) in [5.74, 6) is 0.522. The van der Waals surface area contributed by atoms with Crippen molar-refractivity contribution in [2.45, 2.75) is 32.3 Å². The van der Waals surface area contributed by atoms with E-state index in [2.05, 4.69) is 29.4 Å². The molecular formula is C13H15N3O. The van der Waals surface area contributed by atoms with Crippen molar-refractivity contribution in [3.63, 3.8) is 0 Å². The van der Waals surface area contributed by atoms with Crippen LogP contribution in [0.2, 0.25) is 0 Å². The quantitative estimate of drug-likeness (QED) is 0.875. The lowest BCUT2D eigenvalue weighted by Gasteiger charge is -2.06. The van der Waals surface area contributed by atoms with Gasteiger partial charge in [-0.15, -0.1) is 5.10 Å². The van der Waals surface area contributed by atoms with Crippen molar-refractivity contribution >= 4 is 0 Å². The SMILES string of the molecule is Cc1ccc(-n2nnc(CO)c2C2CC2)cc1. The average Bonchev–Trinajstić information content (AvgIpc) is 3.10. The molecule has 0 radical (unpaired) electrons. The van der Waals surface area contributed by atoms with E-state index in [1.54, 1.807) is 0 Å². The minimum Gasteiger partial charge on any atom is -0.390 e. The Kier molecular flexibility index (Phi) is 2.44. The molecule has 1 N–H and O–H groups in total. The van der Waals surface area contributed by atoms with Crippen molar-refractivity contribution in [1.29, 1.82) is 0 Å². The molecule has 0 aliphatic heterocycles. The normalized spacial score (nSPS) is 15.2. The third-order valence-electron chi connectivity index (χ3n) is 3.17. The summed E-state index contributed by atoms with van der Waals surface area (Å²) in [4.78, 5) is 0. The number of aryl methyl sites for hydroxylation is 1. The van der Waals surface area contributed by atoms with Gasteiger partial charge in [0.1, 0.15) is 5.69 Å². The summed E-state index contributed by atoms with van der Waals surface area (Å²) >= 11 is 0. The second-order valence-corrected chi connectivity index (χ2v) is 4.60. The van der Waals surface area contributed by atoms with Crippen LogP contribution >= 0.6 is 0 Å². The van der Waals surface area contributed by atoms with Crippen LogP contribution in [0.15, 0.2) is 24.3 Å². The number of rotatable bonds is 3. The molecule has 1 heterocycles. The van der Waals surface area contributed by atoms with Crippen LogP contribution in [0.25, 0.3) is 5.69 Å². The summed E-state index contributed by atoms with van der Waals surface area (Å²) in [6.45, 7) is 2.03. The van der Waals surface area contributed by atoms with Crippen LogP contribution in [0.1, 0.15) is 35.7 Å². The van der Waals surface area contributed by atoms with Gasteiger partial charge in [0, 0.05) is 5.92 Å². The second kappa shape index (κ2) is 3.96. The maximum Gasteiger partial charge on any atom is 0.112 e. The molecule has 0 spiro atoms. The Morgan fingerprint density at radius 2 is 2.00 bits per heavy atom. The summed E-state index contributed by atoms with van der Waals surface area (Å²) in [7, 11) is 0. The molecule has 1 aliphatic carbocycles. The fourth-order valence-corrected chi connectivity index (χ4v) is 2.08. The Morgan fingerprint density at radius 1 is 1.29 bits per heavy atom. The largest absolute Gasteiger partial charge is 0.390 e. The molecule has 17 heavy (non-hydrogen) atoms. The monoisotopic (exact) mass is 229 g/mol. The highest BCUT2D eigenvalue weighted by molar-refractivity contribution is 5.37. The van der Waals surface area contributed by atoms with E-state index in [4.69, 9.17) is 0 Å². The lowest BCUT2D eigenvalue weighted by molar-refractivity contribution is 0.275. The molecule has 3 rings (SSSR count). The van der Waals surface area contributed by atoms with E-state index < -0.39 is 0 Å². The predicted octanol–water partition coefficient (Wildman–Crippen LogP) is 1.95. The number of aliphatic hydroxyl groups excluding tert-OH is 1. The first-order valence-electron chi connectivity index (χ1n) is 5.92. The molecule has 0 amide bonds. The molecule has 4 heteroatoms. The van der Waals surface area contributed by atoms with Crippen LogP contribution in [0.3, 0.4) is 0 Å². The van der Waals surface area contributed by atoms with Crippen LogP contribution in [-0.2, 0) is 6.61 Å². The van der Waals surface area contributed by atoms with Crippen molar-refractivity contribution < 1.29 is 5.11 Å². The van der Waals surface area contributed by atoms with E-state index in [9.17, 15) is 5.11 Å². The highest BCUT2D eigenvalue weighted by Crippen LogP contribution is 2.41. The van der Waals surface area contributed by atoms with Gasteiger partial charge in [0.05, 0.1) is 18.0 Å². The summed E-state index contributed by atoms with van der Waals surface area (Å²) in [5.41, 5.74) is 4.04. The Hall–Kier alpha value is -1.68. The molecule has 0 bridgehead atoms. The predicted molar refractivity (Wildman–Crippen MR) is 64.0 cm³/mol. The minimum atomic E-state index is -0.0301. The van der Waals surface area contributed by atoms with E-state index >= 15 is 0 Å². The van der Waals surface area contributed by atoms with Crippen molar-refractivity contribution in [2.24, 2.45) is 0 Å². The molecule has 0 unspecified atom stereocenters. The third kappa shape index (κ3) is 1.85. The van der Waals surface area contributed by atoms with Gasteiger partial charge in [-0.3, -0.25) is 0 Å². The van der Waals surface area contributed by atoms with Crippen LogP contribution in [0.4, 0.5) is 0 Å². The van der Waals surface area contributed by atoms with Crippen LogP contribution in [0.5, 0.6) is 0 Å². The smallest absolute Gasteiger partial charge is 0.112 e. The van der Waals surface area contributed by atoms with E-state index in [0.717, 1.165) is 11.4 Å². The molecule has 0 saturated heterocycles. The number of hydrogen-bond acceptors (Lipinski definition) is 3. The molecule has 1 aliphatic rings. The fraction of sp³-hybridized carbons (Fsp3) is 0.385. The summed E-state index contributed by atoms with van der Waals surface area (Å²) < 4.78 is 1.86. The van der Waals surface area contributed by atoms with Gasteiger partial charge in [0.15, 0.2) is 0 Å². The van der Waals surface area contributed by atoms with Gasteiger partial charge in [-0.05, 0) is 31.9 Å². The number of benzene rings is 1. The molecule has 1 fully saturated rings. The molecule has 4 nitrogen and oxygen atoms in total. The van der Waals surface area contributed by atoms with Crippen molar-refractivity contribution in [3.05, 3.63) is 41.2 Å². The number of hydrogen-bond donors (Lipinski definition) is 1. The maximum atomic E-state index is 9.28. The Labute approximate surface area is 99.9 Å². The first-order chi connectivity index (χ1) is 8.29. The first-order valence-corrected chi connectivity index (χ1v) is 5.92. The van der Waals surface area contributed by atoms with Gasteiger partial charge >= 0.3 is 0 Å². The van der Waals surface area contributed by atoms with Crippen LogP contribution in [-0.4, -0.2) is 20.1 Å². The molecular weight excluding hydrogens is 214 g/mol. The molecule has 1 aromatic carbocycles. The van der Waals surface area contributed by atoms with Gasteiger partial charge in [-0.25, -0.2) is 4.68 Å². The minimum absolute atomic E-state index is 0.0301.